The zero-order valence-electron chi connectivity index (χ0n) is 8.65. The SMILES string of the molecule is CC(C)(CO)c1cc(CF)cc(F)c1F. The summed E-state index contributed by atoms with van der Waals surface area (Å²) in [5, 5.41) is 9.04. The number of benzene rings is 1. The van der Waals surface area contributed by atoms with Crippen molar-refractivity contribution < 1.29 is 18.3 Å². The molecule has 0 atom stereocenters. The van der Waals surface area contributed by atoms with Gasteiger partial charge < -0.3 is 5.11 Å². The molecule has 0 spiro atoms. The van der Waals surface area contributed by atoms with E-state index in [2.05, 4.69) is 0 Å². The summed E-state index contributed by atoms with van der Waals surface area (Å²) in [6.07, 6.45) is 0. The number of alkyl halides is 1. The first-order valence-electron chi connectivity index (χ1n) is 4.57. The Balaban J connectivity index is 3.34. The average Bonchev–Trinajstić information content (AvgIpc) is 2.21. The van der Waals surface area contributed by atoms with E-state index < -0.39 is 23.7 Å². The molecule has 0 aliphatic heterocycles. The molecule has 0 radical (unpaired) electrons. The lowest BCUT2D eigenvalue weighted by Gasteiger charge is -2.23. The fourth-order valence-electron chi connectivity index (χ4n) is 1.30. The Morgan fingerprint density at radius 2 is 1.87 bits per heavy atom. The van der Waals surface area contributed by atoms with Gasteiger partial charge in [-0.1, -0.05) is 13.8 Å². The minimum absolute atomic E-state index is 0.00218. The summed E-state index contributed by atoms with van der Waals surface area (Å²) in [6, 6.07) is 2.07. The molecule has 1 aromatic carbocycles. The van der Waals surface area contributed by atoms with E-state index in [4.69, 9.17) is 5.11 Å². The molecule has 4 heteroatoms. The van der Waals surface area contributed by atoms with E-state index in [0.29, 0.717) is 0 Å². The molecule has 0 amide bonds. The summed E-state index contributed by atoms with van der Waals surface area (Å²) < 4.78 is 38.8. The molecule has 1 N–H and O–H groups in total. The van der Waals surface area contributed by atoms with Gasteiger partial charge in [0.25, 0.3) is 0 Å². The summed E-state index contributed by atoms with van der Waals surface area (Å²) >= 11 is 0. The highest BCUT2D eigenvalue weighted by molar-refractivity contribution is 5.31. The van der Waals surface area contributed by atoms with Crippen LogP contribution in [0.3, 0.4) is 0 Å². The maximum Gasteiger partial charge on any atom is 0.162 e. The fourth-order valence-corrected chi connectivity index (χ4v) is 1.30. The third-order valence-electron chi connectivity index (χ3n) is 2.37. The number of aliphatic hydroxyl groups is 1. The van der Waals surface area contributed by atoms with E-state index in [0.717, 1.165) is 6.07 Å². The Morgan fingerprint density at radius 1 is 1.27 bits per heavy atom. The van der Waals surface area contributed by atoms with E-state index in [1.807, 2.05) is 0 Å². The van der Waals surface area contributed by atoms with E-state index >= 15 is 0 Å². The number of aliphatic hydroxyl groups excluding tert-OH is 1. The molecule has 0 heterocycles. The molecule has 1 rings (SSSR count). The van der Waals surface area contributed by atoms with Crippen LogP contribution in [-0.4, -0.2) is 11.7 Å². The van der Waals surface area contributed by atoms with Crippen LogP contribution < -0.4 is 0 Å². The van der Waals surface area contributed by atoms with Gasteiger partial charge in [-0.3, -0.25) is 0 Å². The van der Waals surface area contributed by atoms with Crippen molar-refractivity contribution in [2.75, 3.05) is 6.61 Å². The lowest BCUT2D eigenvalue weighted by Crippen LogP contribution is -2.24. The second-order valence-electron chi connectivity index (χ2n) is 4.11. The lowest BCUT2D eigenvalue weighted by molar-refractivity contribution is 0.213. The molecule has 0 fully saturated rings. The molecule has 0 saturated carbocycles. The lowest BCUT2D eigenvalue weighted by atomic mass is 9.84. The van der Waals surface area contributed by atoms with Crippen molar-refractivity contribution in [1.29, 1.82) is 0 Å². The van der Waals surface area contributed by atoms with Gasteiger partial charge in [0.1, 0.15) is 6.67 Å². The highest BCUT2D eigenvalue weighted by Gasteiger charge is 2.25. The summed E-state index contributed by atoms with van der Waals surface area (Å²) in [4.78, 5) is 0. The van der Waals surface area contributed by atoms with Gasteiger partial charge >= 0.3 is 0 Å². The molecule has 0 aliphatic rings. The Morgan fingerprint density at radius 3 is 2.33 bits per heavy atom. The maximum absolute atomic E-state index is 13.4. The third kappa shape index (κ3) is 2.31. The number of hydrogen-bond donors (Lipinski definition) is 1. The fraction of sp³-hybridized carbons (Fsp3) is 0.455. The normalized spacial score (nSPS) is 11.9. The zero-order valence-corrected chi connectivity index (χ0v) is 8.65. The van der Waals surface area contributed by atoms with Crippen LogP contribution in [0.1, 0.15) is 25.0 Å². The predicted molar refractivity (Wildman–Crippen MR) is 51.3 cm³/mol. The average molecular weight is 218 g/mol. The van der Waals surface area contributed by atoms with Gasteiger partial charge in [-0.05, 0) is 23.3 Å². The first-order chi connectivity index (χ1) is 6.92. The molecule has 1 nitrogen and oxygen atoms in total. The standard InChI is InChI=1S/C11H13F3O/c1-11(2,6-15)8-3-7(5-12)4-9(13)10(8)14/h3-4,15H,5-6H2,1-2H3. The second kappa shape index (κ2) is 4.23. The molecular weight excluding hydrogens is 205 g/mol. The molecule has 0 saturated heterocycles. The van der Waals surface area contributed by atoms with E-state index in [1.54, 1.807) is 13.8 Å². The Hall–Kier alpha value is -1.03. The van der Waals surface area contributed by atoms with Crippen molar-refractivity contribution in [1.82, 2.24) is 0 Å². The van der Waals surface area contributed by atoms with Gasteiger partial charge in [0.15, 0.2) is 11.6 Å². The second-order valence-corrected chi connectivity index (χ2v) is 4.11. The van der Waals surface area contributed by atoms with Gasteiger partial charge in [0, 0.05) is 5.41 Å². The summed E-state index contributed by atoms with van der Waals surface area (Å²) in [6.45, 7) is 1.94. The van der Waals surface area contributed by atoms with E-state index in [1.165, 1.54) is 6.07 Å². The minimum Gasteiger partial charge on any atom is -0.395 e. The van der Waals surface area contributed by atoms with Crippen LogP contribution in [-0.2, 0) is 12.1 Å². The first-order valence-corrected chi connectivity index (χ1v) is 4.57. The summed E-state index contributed by atoms with van der Waals surface area (Å²) in [7, 11) is 0. The van der Waals surface area contributed by atoms with E-state index in [-0.39, 0.29) is 17.7 Å². The van der Waals surface area contributed by atoms with Crippen LogP contribution in [0, 0.1) is 11.6 Å². The minimum atomic E-state index is -1.08. The maximum atomic E-state index is 13.4. The van der Waals surface area contributed by atoms with E-state index in [9.17, 15) is 13.2 Å². The largest absolute Gasteiger partial charge is 0.395 e. The molecule has 0 aromatic heterocycles. The molecule has 0 bridgehead atoms. The van der Waals surface area contributed by atoms with Crippen molar-refractivity contribution >= 4 is 0 Å². The monoisotopic (exact) mass is 218 g/mol. The van der Waals surface area contributed by atoms with Crippen LogP contribution in [0.25, 0.3) is 0 Å². The molecule has 0 unspecified atom stereocenters. The van der Waals surface area contributed by atoms with Crippen molar-refractivity contribution in [3.8, 4) is 0 Å². The highest BCUT2D eigenvalue weighted by atomic mass is 19.2. The molecule has 0 aliphatic carbocycles. The van der Waals surface area contributed by atoms with Crippen LogP contribution in [0.5, 0.6) is 0 Å². The Kier molecular flexibility index (Phi) is 3.39. The van der Waals surface area contributed by atoms with Crippen LogP contribution >= 0.6 is 0 Å². The molecule has 15 heavy (non-hydrogen) atoms. The summed E-state index contributed by atoms with van der Waals surface area (Å²) in [5.41, 5.74) is -0.848. The van der Waals surface area contributed by atoms with Crippen molar-refractivity contribution in [2.24, 2.45) is 0 Å². The van der Waals surface area contributed by atoms with Crippen molar-refractivity contribution in [3.05, 3.63) is 34.9 Å². The van der Waals surface area contributed by atoms with Gasteiger partial charge in [-0.25, -0.2) is 13.2 Å². The molecular formula is C11H13F3O. The van der Waals surface area contributed by atoms with Gasteiger partial charge in [0.2, 0.25) is 0 Å². The summed E-state index contributed by atoms with van der Waals surface area (Å²) in [5.74, 6) is -2.10. The van der Waals surface area contributed by atoms with Crippen LogP contribution in [0.4, 0.5) is 13.2 Å². The molecule has 84 valence electrons. The van der Waals surface area contributed by atoms with Crippen molar-refractivity contribution in [3.63, 3.8) is 0 Å². The number of halogens is 3. The zero-order chi connectivity index (χ0) is 11.6. The molecule has 1 aromatic rings. The third-order valence-corrected chi connectivity index (χ3v) is 2.37. The predicted octanol–water partition coefficient (Wildman–Crippen LogP) is 2.70. The van der Waals surface area contributed by atoms with Crippen molar-refractivity contribution in [2.45, 2.75) is 25.9 Å². The number of rotatable bonds is 3. The quantitative estimate of drug-likeness (QED) is 0.827. The highest BCUT2D eigenvalue weighted by Crippen LogP contribution is 2.28. The number of hydrogen-bond acceptors (Lipinski definition) is 1. The van der Waals surface area contributed by atoms with Gasteiger partial charge in [0.05, 0.1) is 6.61 Å². The smallest absolute Gasteiger partial charge is 0.162 e. The van der Waals surface area contributed by atoms with Crippen LogP contribution in [0.2, 0.25) is 0 Å². The van der Waals surface area contributed by atoms with Gasteiger partial charge in [-0.15, -0.1) is 0 Å². The van der Waals surface area contributed by atoms with Crippen LogP contribution in [0.15, 0.2) is 12.1 Å². The first kappa shape index (κ1) is 12.0. The topological polar surface area (TPSA) is 20.2 Å². The van der Waals surface area contributed by atoms with Gasteiger partial charge in [-0.2, -0.15) is 0 Å². The Bertz CT molecular complexity index is 361. The Labute approximate surface area is 86.5 Å².